The van der Waals surface area contributed by atoms with Crippen LogP contribution in [-0.4, -0.2) is 22.9 Å². The minimum atomic E-state index is -0.318. The number of fused-ring (bicyclic) bond motifs is 1. The van der Waals surface area contributed by atoms with Gasteiger partial charge < -0.3 is 4.74 Å². The Bertz CT molecular complexity index is 502. The molecule has 1 aromatic heterocycles. The minimum Gasteiger partial charge on any atom is -0.465 e. The number of benzene rings is 1. The van der Waals surface area contributed by atoms with Gasteiger partial charge in [0.1, 0.15) is 0 Å². The predicted octanol–water partition coefficient (Wildman–Crippen LogP) is 1.84. The van der Waals surface area contributed by atoms with E-state index in [4.69, 9.17) is 0 Å². The SMILES string of the molecule is CCn1ncc2cc(C(=O)OC)ccc21. The van der Waals surface area contributed by atoms with Crippen molar-refractivity contribution in [1.82, 2.24) is 9.78 Å². The molecule has 0 aliphatic carbocycles. The number of rotatable bonds is 2. The van der Waals surface area contributed by atoms with Crippen molar-refractivity contribution in [1.29, 1.82) is 0 Å². The molecule has 1 aromatic carbocycles. The highest BCUT2D eigenvalue weighted by Crippen LogP contribution is 2.16. The first-order chi connectivity index (χ1) is 7.26. The van der Waals surface area contributed by atoms with E-state index >= 15 is 0 Å². The molecule has 0 aliphatic heterocycles. The summed E-state index contributed by atoms with van der Waals surface area (Å²) >= 11 is 0. The molecule has 78 valence electrons. The Hall–Kier alpha value is -1.84. The number of esters is 1. The van der Waals surface area contributed by atoms with Gasteiger partial charge in [0, 0.05) is 11.9 Å². The van der Waals surface area contributed by atoms with E-state index in [0.29, 0.717) is 5.56 Å². The summed E-state index contributed by atoms with van der Waals surface area (Å²) in [5, 5.41) is 5.16. The summed E-state index contributed by atoms with van der Waals surface area (Å²) in [6, 6.07) is 5.43. The van der Waals surface area contributed by atoms with Gasteiger partial charge in [0.05, 0.1) is 24.4 Å². The Kier molecular flexibility index (Phi) is 2.41. The quantitative estimate of drug-likeness (QED) is 0.701. The molecule has 0 atom stereocenters. The van der Waals surface area contributed by atoms with Crippen molar-refractivity contribution in [2.24, 2.45) is 0 Å². The fourth-order valence-electron chi connectivity index (χ4n) is 1.58. The van der Waals surface area contributed by atoms with Crippen molar-refractivity contribution in [3.8, 4) is 0 Å². The molecule has 0 radical (unpaired) electrons. The van der Waals surface area contributed by atoms with Crippen LogP contribution in [0.3, 0.4) is 0 Å². The smallest absolute Gasteiger partial charge is 0.337 e. The molecule has 15 heavy (non-hydrogen) atoms. The first-order valence-corrected chi connectivity index (χ1v) is 4.80. The van der Waals surface area contributed by atoms with Gasteiger partial charge in [-0.15, -0.1) is 0 Å². The summed E-state index contributed by atoms with van der Waals surface area (Å²) < 4.78 is 6.54. The first-order valence-electron chi connectivity index (χ1n) is 4.80. The second-order valence-electron chi connectivity index (χ2n) is 3.23. The molecule has 0 unspecified atom stereocenters. The molecular formula is C11H12N2O2. The fourth-order valence-corrected chi connectivity index (χ4v) is 1.58. The van der Waals surface area contributed by atoms with Gasteiger partial charge >= 0.3 is 5.97 Å². The zero-order chi connectivity index (χ0) is 10.8. The molecule has 1 heterocycles. The van der Waals surface area contributed by atoms with Gasteiger partial charge in [-0.05, 0) is 25.1 Å². The van der Waals surface area contributed by atoms with Gasteiger partial charge in [0.2, 0.25) is 0 Å². The Labute approximate surface area is 87.5 Å². The summed E-state index contributed by atoms with van der Waals surface area (Å²) in [4.78, 5) is 11.3. The topological polar surface area (TPSA) is 44.1 Å². The number of nitrogens with zero attached hydrogens (tertiary/aromatic N) is 2. The average molecular weight is 204 g/mol. The highest BCUT2D eigenvalue weighted by molar-refractivity contribution is 5.94. The van der Waals surface area contributed by atoms with Gasteiger partial charge in [0.25, 0.3) is 0 Å². The number of aryl methyl sites for hydroxylation is 1. The Morgan fingerprint density at radius 3 is 3.00 bits per heavy atom. The molecule has 2 rings (SSSR count). The minimum absolute atomic E-state index is 0.318. The maximum atomic E-state index is 11.3. The Morgan fingerprint density at radius 1 is 1.53 bits per heavy atom. The number of ether oxygens (including phenoxy) is 1. The van der Waals surface area contributed by atoms with E-state index in [2.05, 4.69) is 9.84 Å². The average Bonchev–Trinajstić information content (AvgIpc) is 2.69. The summed E-state index contributed by atoms with van der Waals surface area (Å²) in [6.45, 7) is 2.85. The van der Waals surface area contributed by atoms with Crippen molar-refractivity contribution in [2.75, 3.05) is 7.11 Å². The van der Waals surface area contributed by atoms with Crippen molar-refractivity contribution < 1.29 is 9.53 Å². The van der Waals surface area contributed by atoms with E-state index < -0.39 is 0 Å². The second-order valence-corrected chi connectivity index (χ2v) is 3.23. The van der Waals surface area contributed by atoms with Gasteiger partial charge in [-0.1, -0.05) is 0 Å². The molecule has 4 heteroatoms. The van der Waals surface area contributed by atoms with Crippen molar-refractivity contribution in [3.05, 3.63) is 30.0 Å². The second kappa shape index (κ2) is 3.73. The van der Waals surface area contributed by atoms with Crippen LogP contribution in [0.1, 0.15) is 17.3 Å². The lowest BCUT2D eigenvalue weighted by atomic mass is 10.1. The van der Waals surface area contributed by atoms with Gasteiger partial charge in [-0.25, -0.2) is 4.79 Å². The van der Waals surface area contributed by atoms with E-state index in [-0.39, 0.29) is 5.97 Å². The molecule has 0 saturated heterocycles. The fraction of sp³-hybridized carbons (Fsp3) is 0.273. The molecule has 2 aromatic rings. The summed E-state index contributed by atoms with van der Waals surface area (Å²) in [6.07, 6.45) is 1.76. The lowest BCUT2D eigenvalue weighted by molar-refractivity contribution is 0.0601. The molecule has 4 nitrogen and oxygen atoms in total. The highest BCUT2D eigenvalue weighted by Gasteiger charge is 2.07. The predicted molar refractivity (Wildman–Crippen MR) is 56.7 cm³/mol. The molecule has 0 bridgehead atoms. The third kappa shape index (κ3) is 1.58. The number of methoxy groups -OCH3 is 1. The lowest BCUT2D eigenvalue weighted by Gasteiger charge is -2.00. The Balaban J connectivity index is 2.53. The summed E-state index contributed by atoms with van der Waals surface area (Å²) in [5.74, 6) is -0.318. The van der Waals surface area contributed by atoms with Crippen LogP contribution in [-0.2, 0) is 11.3 Å². The number of aromatic nitrogens is 2. The van der Waals surface area contributed by atoms with Gasteiger partial charge in [-0.2, -0.15) is 5.10 Å². The van der Waals surface area contributed by atoms with Crippen molar-refractivity contribution >= 4 is 16.9 Å². The zero-order valence-corrected chi connectivity index (χ0v) is 8.73. The maximum absolute atomic E-state index is 11.3. The Morgan fingerprint density at radius 2 is 2.33 bits per heavy atom. The lowest BCUT2D eigenvalue weighted by Crippen LogP contribution is -2.01. The van der Waals surface area contributed by atoms with Crippen LogP contribution < -0.4 is 0 Å². The van der Waals surface area contributed by atoms with E-state index in [9.17, 15) is 4.79 Å². The molecule has 0 fully saturated rings. The zero-order valence-electron chi connectivity index (χ0n) is 8.73. The molecule has 0 aliphatic rings. The van der Waals surface area contributed by atoms with E-state index in [1.54, 1.807) is 18.3 Å². The van der Waals surface area contributed by atoms with Crippen LogP contribution in [0.25, 0.3) is 10.9 Å². The number of carbonyl (C=O) groups excluding carboxylic acids is 1. The number of hydrogen-bond acceptors (Lipinski definition) is 3. The van der Waals surface area contributed by atoms with Crippen LogP contribution in [0, 0.1) is 0 Å². The third-order valence-corrected chi connectivity index (χ3v) is 2.36. The van der Waals surface area contributed by atoms with Crippen LogP contribution >= 0.6 is 0 Å². The molecule has 0 amide bonds. The molecule has 0 N–H and O–H groups in total. The number of carbonyl (C=O) groups is 1. The van der Waals surface area contributed by atoms with Gasteiger partial charge in [-0.3, -0.25) is 4.68 Å². The molecular weight excluding hydrogens is 192 g/mol. The first kappa shape index (κ1) is 9.71. The van der Waals surface area contributed by atoms with Crippen LogP contribution in [0.2, 0.25) is 0 Å². The van der Waals surface area contributed by atoms with Crippen LogP contribution in [0.4, 0.5) is 0 Å². The highest BCUT2D eigenvalue weighted by atomic mass is 16.5. The maximum Gasteiger partial charge on any atom is 0.337 e. The van der Waals surface area contributed by atoms with E-state index in [1.165, 1.54) is 7.11 Å². The van der Waals surface area contributed by atoms with E-state index in [1.807, 2.05) is 17.7 Å². The van der Waals surface area contributed by atoms with E-state index in [0.717, 1.165) is 17.4 Å². The third-order valence-electron chi connectivity index (χ3n) is 2.36. The standard InChI is InChI=1S/C11H12N2O2/c1-3-13-10-5-4-8(11(14)15-2)6-9(10)7-12-13/h4-7H,3H2,1-2H3. The van der Waals surface area contributed by atoms with Gasteiger partial charge in [0.15, 0.2) is 0 Å². The molecule has 0 spiro atoms. The van der Waals surface area contributed by atoms with Crippen molar-refractivity contribution in [2.45, 2.75) is 13.5 Å². The molecule has 0 saturated carbocycles. The van der Waals surface area contributed by atoms with Crippen LogP contribution in [0.5, 0.6) is 0 Å². The largest absolute Gasteiger partial charge is 0.465 e. The number of hydrogen-bond donors (Lipinski definition) is 0. The summed E-state index contributed by atoms with van der Waals surface area (Å²) in [5.41, 5.74) is 1.59. The van der Waals surface area contributed by atoms with Crippen molar-refractivity contribution in [3.63, 3.8) is 0 Å². The summed E-state index contributed by atoms with van der Waals surface area (Å²) in [7, 11) is 1.38. The monoisotopic (exact) mass is 204 g/mol. The normalized spacial score (nSPS) is 10.5. The van der Waals surface area contributed by atoms with Crippen LogP contribution in [0.15, 0.2) is 24.4 Å².